The second-order valence-corrected chi connectivity index (χ2v) is 5.11. The molecule has 0 aliphatic carbocycles. The highest BCUT2D eigenvalue weighted by atomic mass is 35.5. The number of nitrogens with zero attached hydrogens (tertiary/aromatic N) is 2. The average molecular weight is 294 g/mol. The normalized spacial score (nSPS) is 16.5. The summed E-state index contributed by atoms with van der Waals surface area (Å²) in [5, 5.41) is 0. The van der Waals surface area contributed by atoms with Crippen molar-refractivity contribution >= 4 is 23.1 Å². The van der Waals surface area contributed by atoms with Crippen LogP contribution in [0.15, 0.2) is 40.8 Å². The van der Waals surface area contributed by atoms with E-state index in [2.05, 4.69) is 4.98 Å². The van der Waals surface area contributed by atoms with Crippen molar-refractivity contribution in [1.29, 1.82) is 0 Å². The van der Waals surface area contributed by atoms with Gasteiger partial charge < -0.3 is 19.5 Å². The van der Waals surface area contributed by atoms with Crippen LogP contribution >= 0.6 is 11.6 Å². The largest absolute Gasteiger partial charge is 0.499 e. The highest BCUT2D eigenvalue weighted by Crippen LogP contribution is 2.36. The molecule has 0 bridgehead atoms. The molecule has 0 radical (unpaired) electrons. The van der Waals surface area contributed by atoms with Crippen molar-refractivity contribution < 1.29 is 4.74 Å². The molecule has 3 heterocycles. The highest BCUT2D eigenvalue weighted by molar-refractivity contribution is 6.17. The molecule has 0 atom stereocenters. The predicted octanol–water partition coefficient (Wildman–Crippen LogP) is 2.02. The van der Waals surface area contributed by atoms with Gasteiger partial charge >= 0.3 is 0 Å². The Morgan fingerprint density at radius 1 is 1.50 bits per heavy atom. The van der Waals surface area contributed by atoms with Crippen LogP contribution in [0.25, 0.3) is 0 Å². The van der Waals surface area contributed by atoms with Crippen molar-refractivity contribution in [3.8, 4) is 0 Å². The van der Waals surface area contributed by atoms with Crippen LogP contribution in [0.1, 0.15) is 6.42 Å². The molecule has 5 nitrogen and oxygen atoms in total. The van der Waals surface area contributed by atoms with E-state index in [-0.39, 0.29) is 5.43 Å². The molecule has 0 unspecified atom stereocenters. The molecule has 0 aromatic carbocycles. The Bertz CT molecular complexity index is 636. The maximum absolute atomic E-state index is 12.2. The summed E-state index contributed by atoms with van der Waals surface area (Å²) >= 11 is 5.77. The maximum atomic E-state index is 12.2. The fourth-order valence-corrected chi connectivity index (χ4v) is 2.67. The van der Waals surface area contributed by atoms with Crippen molar-refractivity contribution in [2.75, 3.05) is 35.9 Å². The van der Waals surface area contributed by atoms with Crippen molar-refractivity contribution in [2.45, 2.75) is 6.42 Å². The van der Waals surface area contributed by atoms with Crippen molar-refractivity contribution in [3.05, 3.63) is 46.2 Å². The molecule has 0 spiro atoms. The third-order valence-electron chi connectivity index (χ3n) is 3.49. The number of hydrogen-bond donors (Lipinski definition) is 1. The molecule has 1 aromatic rings. The molecule has 2 aliphatic rings. The van der Waals surface area contributed by atoms with E-state index in [0.29, 0.717) is 18.1 Å². The lowest BCUT2D eigenvalue weighted by atomic mass is 10.2. The molecule has 0 saturated heterocycles. The monoisotopic (exact) mass is 293 g/mol. The number of nitrogens with one attached hydrogen (secondary N) is 1. The van der Waals surface area contributed by atoms with Gasteiger partial charge in [-0.25, -0.2) is 0 Å². The molecule has 20 heavy (non-hydrogen) atoms. The van der Waals surface area contributed by atoms with Crippen LogP contribution in [0.4, 0.5) is 11.5 Å². The topological polar surface area (TPSA) is 48.6 Å². The standard InChI is InChI=1S/C14H16ClN3O2/c1-20-11-7-10-8-17(6-2-4-15)13-12(19)3-5-16-14(13)18(10)9-11/h3,5,7-8H,2,4,6,9H2,1H3,(H,16,19). The van der Waals surface area contributed by atoms with Gasteiger partial charge in [-0.1, -0.05) is 0 Å². The summed E-state index contributed by atoms with van der Waals surface area (Å²) in [6.45, 7) is 1.36. The summed E-state index contributed by atoms with van der Waals surface area (Å²) in [5.74, 6) is 2.27. The Morgan fingerprint density at radius 2 is 2.35 bits per heavy atom. The highest BCUT2D eigenvalue weighted by Gasteiger charge is 2.30. The Morgan fingerprint density at radius 3 is 3.10 bits per heavy atom. The number of H-pyrrole nitrogens is 1. The minimum atomic E-state index is 0.00879. The SMILES string of the molecule is COC1=CC2=CN(CCCCl)c3c([nH]ccc3=O)N2C1. The first-order valence-corrected chi connectivity index (χ1v) is 7.06. The van der Waals surface area contributed by atoms with E-state index < -0.39 is 0 Å². The number of rotatable bonds is 4. The number of ether oxygens (including phenoxy) is 1. The molecular weight excluding hydrogens is 278 g/mol. The number of pyridine rings is 1. The third kappa shape index (κ3) is 2.08. The lowest BCUT2D eigenvalue weighted by Crippen LogP contribution is -2.35. The number of aromatic amines is 1. The summed E-state index contributed by atoms with van der Waals surface area (Å²) in [6, 6.07) is 1.55. The second-order valence-electron chi connectivity index (χ2n) is 4.73. The molecule has 1 aromatic heterocycles. The van der Waals surface area contributed by atoms with E-state index in [4.69, 9.17) is 16.3 Å². The van der Waals surface area contributed by atoms with Crippen LogP contribution in [0.3, 0.4) is 0 Å². The summed E-state index contributed by atoms with van der Waals surface area (Å²) in [4.78, 5) is 19.4. The maximum Gasteiger partial charge on any atom is 0.207 e. The zero-order chi connectivity index (χ0) is 14.1. The number of methoxy groups -OCH3 is 1. The zero-order valence-electron chi connectivity index (χ0n) is 11.2. The lowest BCUT2D eigenvalue weighted by molar-refractivity contribution is 0.290. The fraction of sp³-hybridized carbons (Fsp3) is 0.357. The number of anilines is 2. The molecule has 106 valence electrons. The first-order chi connectivity index (χ1) is 9.74. The van der Waals surface area contributed by atoms with E-state index >= 15 is 0 Å². The van der Waals surface area contributed by atoms with Crippen LogP contribution in [0.5, 0.6) is 0 Å². The number of hydrogen-bond acceptors (Lipinski definition) is 4. The summed E-state index contributed by atoms with van der Waals surface area (Å²) in [5.41, 5.74) is 1.70. The first-order valence-electron chi connectivity index (χ1n) is 6.53. The number of alkyl halides is 1. The van der Waals surface area contributed by atoms with Gasteiger partial charge in [0.15, 0.2) is 0 Å². The summed E-state index contributed by atoms with van der Waals surface area (Å²) in [6.07, 6.45) is 6.46. The second kappa shape index (κ2) is 5.25. The molecule has 0 fully saturated rings. The van der Waals surface area contributed by atoms with Gasteiger partial charge in [-0.05, 0) is 6.42 Å². The van der Waals surface area contributed by atoms with Gasteiger partial charge in [-0.2, -0.15) is 0 Å². The van der Waals surface area contributed by atoms with Crippen molar-refractivity contribution in [2.24, 2.45) is 0 Å². The molecular formula is C14H16ClN3O2. The van der Waals surface area contributed by atoms with Gasteiger partial charge in [0.1, 0.15) is 17.3 Å². The van der Waals surface area contributed by atoms with Crippen molar-refractivity contribution in [3.63, 3.8) is 0 Å². The quantitative estimate of drug-likeness (QED) is 0.863. The molecule has 0 amide bonds. The average Bonchev–Trinajstić information content (AvgIpc) is 2.88. The van der Waals surface area contributed by atoms with Crippen LogP contribution < -0.4 is 15.2 Å². The number of halogens is 1. The van der Waals surface area contributed by atoms with Crippen LogP contribution in [-0.4, -0.2) is 31.1 Å². The number of fused-ring (bicyclic) bond motifs is 3. The summed E-state index contributed by atoms with van der Waals surface area (Å²) in [7, 11) is 1.66. The van der Waals surface area contributed by atoms with E-state index in [1.165, 1.54) is 0 Å². The molecule has 1 N–H and O–H groups in total. The van der Waals surface area contributed by atoms with Gasteiger partial charge in [0.2, 0.25) is 5.43 Å². The molecule has 0 saturated carbocycles. The van der Waals surface area contributed by atoms with Crippen LogP contribution in [-0.2, 0) is 4.74 Å². The van der Waals surface area contributed by atoms with Gasteiger partial charge in [0.05, 0.1) is 19.4 Å². The predicted molar refractivity (Wildman–Crippen MR) is 80.3 cm³/mol. The van der Waals surface area contributed by atoms with E-state index in [0.717, 1.165) is 30.2 Å². The van der Waals surface area contributed by atoms with Crippen LogP contribution in [0, 0.1) is 0 Å². The Balaban J connectivity index is 2.05. The van der Waals surface area contributed by atoms with Gasteiger partial charge in [-0.15, -0.1) is 11.6 Å². The van der Waals surface area contributed by atoms with Crippen LogP contribution in [0.2, 0.25) is 0 Å². The Labute approximate surface area is 122 Å². The minimum absolute atomic E-state index is 0.00879. The van der Waals surface area contributed by atoms with E-state index in [1.807, 2.05) is 22.1 Å². The van der Waals surface area contributed by atoms with Gasteiger partial charge in [0, 0.05) is 37.0 Å². The fourth-order valence-electron chi connectivity index (χ4n) is 2.55. The lowest BCUT2D eigenvalue weighted by Gasteiger charge is -2.33. The van der Waals surface area contributed by atoms with E-state index in [9.17, 15) is 4.79 Å². The van der Waals surface area contributed by atoms with Gasteiger partial charge in [-0.3, -0.25) is 4.79 Å². The summed E-state index contributed by atoms with van der Waals surface area (Å²) < 4.78 is 5.31. The van der Waals surface area contributed by atoms with Gasteiger partial charge in [0.25, 0.3) is 0 Å². The Hall–Kier alpha value is -1.88. The number of allylic oxidation sites excluding steroid dienone is 1. The molecule has 6 heteroatoms. The van der Waals surface area contributed by atoms with Crippen molar-refractivity contribution in [1.82, 2.24) is 4.98 Å². The minimum Gasteiger partial charge on any atom is -0.499 e. The molecule has 3 rings (SSSR count). The Kier molecular flexibility index (Phi) is 3.44. The first kappa shape index (κ1) is 13.1. The van der Waals surface area contributed by atoms with E-state index in [1.54, 1.807) is 19.4 Å². The molecule has 2 aliphatic heterocycles. The zero-order valence-corrected chi connectivity index (χ0v) is 12.0. The third-order valence-corrected chi connectivity index (χ3v) is 3.75. The smallest absolute Gasteiger partial charge is 0.207 e. The number of aromatic nitrogens is 1.